The molecule has 1 aliphatic heterocycles. The number of piperidine rings is 1. The molecule has 120 valence electrons. The summed E-state index contributed by atoms with van der Waals surface area (Å²) in [4.78, 5) is 15.8. The van der Waals surface area contributed by atoms with E-state index in [1.165, 1.54) is 11.1 Å². The highest BCUT2D eigenvalue weighted by Crippen LogP contribution is 2.55. The SMILES string of the molecule is CCCCC(=O)[C@@]12CCN(C)C[C@]1(C)CCc1ccccc12. The molecule has 0 radical (unpaired) electrons. The molecule has 1 fully saturated rings. The number of fused-ring (bicyclic) bond motifs is 3. The van der Waals surface area contributed by atoms with Gasteiger partial charge in [-0.3, -0.25) is 4.79 Å². The fourth-order valence-electron chi connectivity index (χ4n) is 4.96. The summed E-state index contributed by atoms with van der Waals surface area (Å²) in [7, 11) is 2.20. The molecular weight excluding hydrogens is 270 g/mol. The van der Waals surface area contributed by atoms with E-state index in [2.05, 4.69) is 50.1 Å². The molecule has 0 N–H and O–H groups in total. The van der Waals surface area contributed by atoms with Gasteiger partial charge >= 0.3 is 0 Å². The Labute approximate surface area is 134 Å². The monoisotopic (exact) mass is 299 g/mol. The van der Waals surface area contributed by atoms with Crippen molar-refractivity contribution in [3.63, 3.8) is 0 Å². The number of Topliss-reactive ketones (excluding diaryl/α,β-unsaturated/α-hetero) is 1. The van der Waals surface area contributed by atoms with E-state index in [1.54, 1.807) is 0 Å². The molecule has 0 saturated carbocycles. The summed E-state index contributed by atoms with van der Waals surface area (Å²) in [6, 6.07) is 8.72. The fourth-order valence-corrected chi connectivity index (χ4v) is 4.96. The van der Waals surface area contributed by atoms with Gasteiger partial charge in [0.1, 0.15) is 5.78 Å². The van der Waals surface area contributed by atoms with Crippen molar-refractivity contribution in [2.45, 2.75) is 57.8 Å². The number of carbonyl (C=O) groups is 1. The Balaban J connectivity index is 2.11. The molecular formula is C20H29NO. The first-order valence-electron chi connectivity index (χ1n) is 8.84. The van der Waals surface area contributed by atoms with Gasteiger partial charge in [0.25, 0.3) is 0 Å². The van der Waals surface area contributed by atoms with Crippen LogP contribution in [0.5, 0.6) is 0 Å². The predicted octanol–water partition coefficient (Wildman–Crippen LogP) is 3.97. The third-order valence-electron chi connectivity index (χ3n) is 6.17. The van der Waals surface area contributed by atoms with E-state index in [0.717, 1.165) is 51.6 Å². The second kappa shape index (κ2) is 5.81. The fraction of sp³-hybridized carbons (Fsp3) is 0.650. The maximum Gasteiger partial charge on any atom is 0.144 e. The smallest absolute Gasteiger partial charge is 0.144 e. The Kier molecular flexibility index (Phi) is 4.15. The lowest BCUT2D eigenvalue weighted by atomic mass is 9.49. The zero-order chi connectivity index (χ0) is 15.8. The number of likely N-dealkylation sites (tertiary alicyclic amines) is 1. The normalized spacial score (nSPS) is 31.4. The molecule has 3 rings (SSSR count). The molecule has 0 spiro atoms. The number of rotatable bonds is 4. The summed E-state index contributed by atoms with van der Waals surface area (Å²) in [5, 5.41) is 0. The zero-order valence-corrected chi connectivity index (χ0v) is 14.3. The van der Waals surface area contributed by atoms with E-state index >= 15 is 0 Å². The number of benzene rings is 1. The molecule has 0 aromatic heterocycles. The lowest BCUT2D eigenvalue weighted by Gasteiger charge is -2.57. The summed E-state index contributed by atoms with van der Waals surface area (Å²) in [5.41, 5.74) is 2.59. The lowest BCUT2D eigenvalue weighted by molar-refractivity contribution is -0.135. The number of hydrogen-bond acceptors (Lipinski definition) is 2. The highest BCUT2D eigenvalue weighted by atomic mass is 16.1. The topological polar surface area (TPSA) is 20.3 Å². The first kappa shape index (κ1) is 15.7. The molecule has 1 heterocycles. The van der Waals surface area contributed by atoms with Crippen molar-refractivity contribution in [3.8, 4) is 0 Å². The van der Waals surface area contributed by atoms with Gasteiger partial charge in [-0.25, -0.2) is 0 Å². The van der Waals surface area contributed by atoms with Crippen molar-refractivity contribution in [1.82, 2.24) is 4.90 Å². The van der Waals surface area contributed by atoms with Gasteiger partial charge in [0.05, 0.1) is 5.41 Å². The third kappa shape index (κ3) is 2.23. The van der Waals surface area contributed by atoms with Gasteiger partial charge in [-0.1, -0.05) is 44.5 Å². The van der Waals surface area contributed by atoms with Crippen LogP contribution in [0.3, 0.4) is 0 Å². The molecule has 0 unspecified atom stereocenters. The Morgan fingerprint density at radius 2 is 2.05 bits per heavy atom. The van der Waals surface area contributed by atoms with Crippen molar-refractivity contribution in [2.24, 2.45) is 5.41 Å². The second-order valence-electron chi connectivity index (χ2n) is 7.64. The van der Waals surface area contributed by atoms with Crippen molar-refractivity contribution < 1.29 is 4.79 Å². The first-order chi connectivity index (χ1) is 10.5. The van der Waals surface area contributed by atoms with Crippen LogP contribution in [0.15, 0.2) is 24.3 Å². The van der Waals surface area contributed by atoms with Gasteiger partial charge in [-0.05, 0) is 55.8 Å². The van der Waals surface area contributed by atoms with Crippen LogP contribution in [-0.2, 0) is 16.6 Å². The van der Waals surface area contributed by atoms with Crippen LogP contribution in [0, 0.1) is 5.41 Å². The van der Waals surface area contributed by atoms with Crippen molar-refractivity contribution in [2.75, 3.05) is 20.1 Å². The number of hydrogen-bond donors (Lipinski definition) is 0. The number of aryl methyl sites for hydroxylation is 1. The predicted molar refractivity (Wildman–Crippen MR) is 91.2 cm³/mol. The largest absolute Gasteiger partial charge is 0.306 e. The van der Waals surface area contributed by atoms with Crippen molar-refractivity contribution >= 4 is 5.78 Å². The summed E-state index contributed by atoms with van der Waals surface area (Å²) in [5.74, 6) is 0.497. The average Bonchev–Trinajstić information content (AvgIpc) is 2.51. The summed E-state index contributed by atoms with van der Waals surface area (Å²) in [6.45, 7) is 6.61. The van der Waals surface area contributed by atoms with Gasteiger partial charge in [-0.15, -0.1) is 0 Å². The van der Waals surface area contributed by atoms with E-state index in [-0.39, 0.29) is 10.8 Å². The van der Waals surface area contributed by atoms with Crippen LogP contribution >= 0.6 is 0 Å². The third-order valence-corrected chi connectivity index (χ3v) is 6.17. The summed E-state index contributed by atoms with van der Waals surface area (Å²) >= 11 is 0. The standard InChI is InChI=1S/C20H29NO/c1-4-5-10-18(22)20-13-14-21(3)15-19(20,2)12-11-16-8-6-7-9-17(16)20/h6-9H,4-5,10-15H2,1-3H3/t19-,20-/m0/s1. The van der Waals surface area contributed by atoms with Gasteiger partial charge in [0.15, 0.2) is 0 Å². The maximum atomic E-state index is 13.4. The highest BCUT2D eigenvalue weighted by Gasteiger charge is 2.58. The molecule has 2 aliphatic rings. The number of carbonyl (C=O) groups excluding carboxylic acids is 1. The molecule has 2 heteroatoms. The molecule has 1 aromatic rings. The molecule has 2 nitrogen and oxygen atoms in total. The minimum Gasteiger partial charge on any atom is -0.306 e. The number of unbranched alkanes of at least 4 members (excludes halogenated alkanes) is 1. The highest BCUT2D eigenvalue weighted by molar-refractivity contribution is 5.92. The Morgan fingerprint density at radius 3 is 2.82 bits per heavy atom. The van der Waals surface area contributed by atoms with Crippen LogP contribution in [0.1, 0.15) is 57.1 Å². The van der Waals surface area contributed by atoms with Gasteiger partial charge in [-0.2, -0.15) is 0 Å². The Morgan fingerprint density at radius 1 is 1.27 bits per heavy atom. The summed E-state index contributed by atoms with van der Waals surface area (Å²) < 4.78 is 0. The zero-order valence-electron chi connectivity index (χ0n) is 14.3. The average molecular weight is 299 g/mol. The Bertz CT molecular complexity index is 567. The van der Waals surface area contributed by atoms with E-state index in [9.17, 15) is 4.79 Å². The van der Waals surface area contributed by atoms with Gasteiger partial charge in [0.2, 0.25) is 0 Å². The summed E-state index contributed by atoms with van der Waals surface area (Å²) in [6.07, 6.45) is 6.09. The van der Waals surface area contributed by atoms with Crippen LogP contribution in [0.4, 0.5) is 0 Å². The molecule has 0 amide bonds. The number of nitrogens with zero attached hydrogens (tertiary/aromatic N) is 1. The minimum absolute atomic E-state index is 0.0825. The van der Waals surface area contributed by atoms with Gasteiger partial charge in [0, 0.05) is 13.0 Å². The lowest BCUT2D eigenvalue weighted by Crippen LogP contribution is -2.61. The quantitative estimate of drug-likeness (QED) is 0.838. The molecule has 0 bridgehead atoms. The first-order valence-corrected chi connectivity index (χ1v) is 8.84. The van der Waals surface area contributed by atoms with Crippen LogP contribution < -0.4 is 0 Å². The molecule has 22 heavy (non-hydrogen) atoms. The Hall–Kier alpha value is -1.15. The molecule has 2 atom stereocenters. The van der Waals surface area contributed by atoms with E-state index < -0.39 is 0 Å². The molecule has 1 saturated heterocycles. The number of ketones is 1. The van der Waals surface area contributed by atoms with Crippen LogP contribution in [0.2, 0.25) is 0 Å². The van der Waals surface area contributed by atoms with Crippen LogP contribution in [-0.4, -0.2) is 30.8 Å². The van der Waals surface area contributed by atoms with E-state index in [4.69, 9.17) is 0 Å². The van der Waals surface area contributed by atoms with Crippen LogP contribution in [0.25, 0.3) is 0 Å². The second-order valence-corrected chi connectivity index (χ2v) is 7.64. The van der Waals surface area contributed by atoms with Crippen molar-refractivity contribution in [3.05, 3.63) is 35.4 Å². The van der Waals surface area contributed by atoms with Gasteiger partial charge < -0.3 is 4.90 Å². The maximum absolute atomic E-state index is 13.4. The molecule has 1 aliphatic carbocycles. The molecule has 1 aromatic carbocycles. The minimum atomic E-state index is -0.247. The van der Waals surface area contributed by atoms with E-state index in [0.29, 0.717) is 5.78 Å². The van der Waals surface area contributed by atoms with Crippen molar-refractivity contribution in [1.29, 1.82) is 0 Å². The van der Waals surface area contributed by atoms with E-state index in [1.807, 2.05) is 0 Å².